The van der Waals surface area contributed by atoms with E-state index in [1.807, 2.05) is 94.7 Å². The Hall–Kier alpha value is 1.23. The number of alkyl halides is 24. The molecule has 0 spiro atoms. The predicted octanol–water partition coefficient (Wildman–Crippen LogP) is 20.9. The lowest BCUT2D eigenvalue weighted by Crippen LogP contribution is -2.60. The highest BCUT2D eigenvalue weighted by Crippen LogP contribution is 2.56. The molecule has 0 radical (unpaired) electrons. The van der Waals surface area contributed by atoms with Gasteiger partial charge < -0.3 is 9.80 Å². The molecule has 9 rings (SSSR count). The number of halogens is 24. The summed E-state index contributed by atoms with van der Waals surface area (Å²) in [5.41, 5.74) is 7.04. The average molecular weight is 1520 g/mol. The molecular weight excluding hydrogens is 1500 g/mol. The first kappa shape index (κ1) is 63.7. The topological polar surface area (TPSA) is 6.48 Å². The maximum atomic E-state index is 6.75. The van der Waals surface area contributed by atoms with Gasteiger partial charge in [0, 0.05) is 78.6 Å². The number of hydrogen-bond acceptors (Lipinski definition) is 2. The van der Waals surface area contributed by atoms with Gasteiger partial charge in [-0.1, -0.05) is 374 Å². The number of fused-ring (bicyclic) bond motifs is 4. The Kier molecular flexibility index (Phi) is 18.6. The van der Waals surface area contributed by atoms with Crippen molar-refractivity contribution in [1.29, 1.82) is 0 Å². The third-order valence-corrected chi connectivity index (χ3v) is 17.8. The fraction of sp³-hybridized carbons (Fsp3) is 0.160. The summed E-state index contributed by atoms with van der Waals surface area (Å²) in [5, 5.41) is 0. The molecule has 0 unspecified atom stereocenters. The molecule has 28 heteroatoms. The van der Waals surface area contributed by atoms with Crippen LogP contribution in [0.2, 0.25) is 0 Å². The number of anilines is 6. The summed E-state index contributed by atoms with van der Waals surface area (Å²) in [6, 6.07) is 39.1. The molecule has 0 atom stereocenters. The second kappa shape index (κ2) is 22.7. The SMILES string of the molecule is ClC(Cl)(Cl)c1cc2c(cc1C(Cl)(Cl)Cl)N(c1ccccc1)c1cc(C(Cl)(Cl)Cl)c(C(Cl)(Cl)Cl)cc1B2c1ccc(B2c3cc(C(Cl)(Cl)Cl)c(C(Cl)(Cl)Cl)cc3N(c3ccccc3)c3cc(C(Cl)(Cl)Cl)c(C(Cl)(Cl)Cl)cc32)cc1. The fourth-order valence-corrected chi connectivity index (χ4v) is 13.7. The minimum absolute atomic E-state index is 0.0557. The summed E-state index contributed by atoms with van der Waals surface area (Å²) in [5.74, 6) is 0. The van der Waals surface area contributed by atoms with Gasteiger partial charge in [-0.3, -0.25) is 0 Å². The molecule has 0 amide bonds. The van der Waals surface area contributed by atoms with Crippen LogP contribution >= 0.6 is 278 Å². The third-order valence-electron chi connectivity index (χ3n) is 13.0. The lowest BCUT2D eigenvalue weighted by atomic mass is 9.33. The molecule has 0 aliphatic carbocycles. The zero-order valence-electron chi connectivity index (χ0n) is 37.8. The fourth-order valence-electron chi connectivity index (χ4n) is 9.90. The van der Waals surface area contributed by atoms with Crippen LogP contribution in [-0.2, 0) is 30.3 Å². The lowest BCUT2D eigenvalue weighted by Gasteiger charge is -2.40. The van der Waals surface area contributed by atoms with E-state index < -0.39 is 43.8 Å². The van der Waals surface area contributed by atoms with Crippen molar-refractivity contribution in [2.75, 3.05) is 9.80 Å². The summed E-state index contributed by atoms with van der Waals surface area (Å²) in [6.07, 6.45) is 0. The van der Waals surface area contributed by atoms with Crippen LogP contribution in [0.5, 0.6) is 0 Å². The Morgan fingerprint density at radius 2 is 0.410 bits per heavy atom. The van der Waals surface area contributed by atoms with Gasteiger partial charge in [0.05, 0.1) is 0 Å². The molecule has 2 heterocycles. The maximum absolute atomic E-state index is 6.75. The van der Waals surface area contributed by atoms with Gasteiger partial charge in [-0.05, 0) is 70.4 Å². The van der Waals surface area contributed by atoms with Crippen LogP contribution in [0.25, 0.3) is 0 Å². The first-order valence-corrected chi connectivity index (χ1v) is 30.9. The molecule has 2 aliphatic rings. The van der Waals surface area contributed by atoms with E-state index in [0.717, 1.165) is 0 Å². The van der Waals surface area contributed by atoms with Crippen molar-refractivity contribution in [2.45, 2.75) is 30.3 Å². The van der Waals surface area contributed by atoms with Crippen LogP contribution < -0.4 is 42.6 Å². The van der Waals surface area contributed by atoms with Crippen LogP contribution in [0.3, 0.4) is 0 Å². The largest absolute Gasteiger partial charge is 0.311 e. The molecule has 2 nitrogen and oxygen atoms in total. The zero-order chi connectivity index (χ0) is 57.4. The molecule has 0 fully saturated rings. The predicted molar refractivity (Wildman–Crippen MR) is 352 cm³/mol. The number of benzene rings is 7. The molecule has 78 heavy (non-hydrogen) atoms. The van der Waals surface area contributed by atoms with E-state index in [-0.39, 0.29) is 44.5 Å². The van der Waals surface area contributed by atoms with Crippen molar-refractivity contribution in [2.24, 2.45) is 0 Å². The molecule has 0 saturated carbocycles. The van der Waals surface area contributed by atoms with E-state index in [0.29, 0.717) is 66.9 Å². The van der Waals surface area contributed by atoms with E-state index in [9.17, 15) is 0 Å². The summed E-state index contributed by atoms with van der Waals surface area (Å²) in [4.78, 5) is 3.74. The third kappa shape index (κ3) is 12.8. The van der Waals surface area contributed by atoms with Crippen LogP contribution in [0.1, 0.15) is 44.5 Å². The van der Waals surface area contributed by atoms with Gasteiger partial charge in [-0.25, -0.2) is 0 Å². The first-order valence-electron chi connectivity index (χ1n) is 21.9. The summed E-state index contributed by atoms with van der Waals surface area (Å²) in [7, 11) is 0. The minimum Gasteiger partial charge on any atom is -0.311 e. The molecule has 0 saturated heterocycles. The number of nitrogens with zero attached hydrogens (tertiary/aromatic N) is 2. The molecule has 2 aliphatic heterocycles. The highest BCUT2D eigenvalue weighted by atomic mass is 35.6. The Labute approximate surface area is 569 Å². The Balaban J connectivity index is 1.39. The van der Waals surface area contributed by atoms with Gasteiger partial charge in [0.15, 0.2) is 0 Å². The highest BCUT2D eigenvalue weighted by Gasteiger charge is 2.48. The second-order valence-corrected chi connectivity index (χ2v) is 35.9. The van der Waals surface area contributed by atoms with Crippen molar-refractivity contribution in [3.8, 4) is 0 Å². The highest BCUT2D eigenvalue weighted by molar-refractivity contribution is 7.00. The zero-order valence-corrected chi connectivity index (χ0v) is 56.0. The van der Waals surface area contributed by atoms with Gasteiger partial charge in [0.1, 0.15) is 0 Å². The van der Waals surface area contributed by atoms with Gasteiger partial charge in [0.25, 0.3) is 0 Å². The number of hydrogen-bond donors (Lipinski definition) is 0. The minimum atomic E-state index is -2.14. The van der Waals surface area contributed by atoms with Crippen LogP contribution in [-0.4, -0.2) is 13.4 Å². The molecule has 0 bridgehead atoms. The quantitative estimate of drug-likeness (QED) is 0.128. The van der Waals surface area contributed by atoms with E-state index in [1.54, 1.807) is 48.5 Å². The van der Waals surface area contributed by atoms with Gasteiger partial charge in [0.2, 0.25) is 43.8 Å². The van der Waals surface area contributed by atoms with Crippen molar-refractivity contribution < 1.29 is 0 Å². The van der Waals surface area contributed by atoms with Crippen LogP contribution in [0.15, 0.2) is 133 Å². The van der Waals surface area contributed by atoms with Gasteiger partial charge in [-0.2, -0.15) is 0 Å². The second-order valence-electron chi connectivity index (χ2n) is 17.7. The monoisotopic (exact) mass is 1510 g/mol. The van der Waals surface area contributed by atoms with Crippen molar-refractivity contribution in [3.63, 3.8) is 0 Å². The van der Waals surface area contributed by atoms with E-state index in [1.165, 1.54) is 0 Å². The van der Waals surface area contributed by atoms with Gasteiger partial charge >= 0.3 is 0 Å². The molecule has 0 aromatic heterocycles. The molecule has 7 aromatic rings. The standard InChI is InChI=1S/C50H22B2Cl24N2/c53-43(54,55)27-15-35-39(19-31(27)47(65,66)67)77(25-7-3-1-4-8-25)40-20-32(48(68,69)70)28(44(56,57)58)16-36(40)51(35)23-11-13-24(14-12-23)52-37-17-29(45(59,60)61)33(49(71,72)73)21-41(37)78(26-9-5-2-6-10-26)42-22-34(50(74,75)76)30(18-38(42)52)46(62,63)64/h1-22H. The van der Waals surface area contributed by atoms with Gasteiger partial charge in [-0.15, -0.1) is 0 Å². The van der Waals surface area contributed by atoms with Crippen LogP contribution in [0.4, 0.5) is 34.1 Å². The Bertz CT molecular complexity index is 3070. The smallest absolute Gasteiger partial charge is 0.246 e. The Morgan fingerprint density at radius 3 is 0.590 bits per heavy atom. The van der Waals surface area contributed by atoms with Crippen LogP contribution in [0, 0.1) is 0 Å². The number of rotatable bonds is 4. The summed E-state index contributed by atoms with van der Waals surface area (Å²) >= 11 is 161. The van der Waals surface area contributed by atoms with E-state index >= 15 is 0 Å². The Morgan fingerprint density at radius 1 is 0.231 bits per heavy atom. The van der Waals surface area contributed by atoms with E-state index in [2.05, 4.69) is 0 Å². The van der Waals surface area contributed by atoms with Crippen molar-refractivity contribution >= 4 is 359 Å². The average Bonchev–Trinajstić information content (AvgIpc) is 3.31. The number of para-hydroxylation sites is 2. The first-order chi connectivity index (χ1) is 35.8. The molecule has 0 N–H and O–H groups in total. The summed E-state index contributed by atoms with van der Waals surface area (Å²) < 4.78 is -17.0. The van der Waals surface area contributed by atoms with Crippen molar-refractivity contribution in [3.05, 3.63) is 178 Å². The lowest BCUT2D eigenvalue weighted by molar-refractivity contribution is 1.10. The molecule has 7 aromatic carbocycles. The summed E-state index contributed by atoms with van der Waals surface area (Å²) in [6.45, 7) is -1.64. The molecule has 406 valence electrons. The van der Waals surface area contributed by atoms with E-state index in [4.69, 9.17) is 278 Å². The normalized spacial score (nSPS) is 14.6. The van der Waals surface area contributed by atoms with Crippen molar-refractivity contribution in [1.82, 2.24) is 0 Å². The maximum Gasteiger partial charge on any atom is 0.246 e. The molecular formula is C50H22B2Cl24N2.